The predicted molar refractivity (Wildman–Crippen MR) is 98.9 cm³/mol. The molecule has 0 saturated carbocycles. The van der Waals surface area contributed by atoms with Gasteiger partial charge in [-0.05, 0) is 36.8 Å². The molecule has 1 heterocycles. The first kappa shape index (κ1) is 19.9. The summed E-state index contributed by atoms with van der Waals surface area (Å²) in [6, 6.07) is 8.87. The molecule has 28 heavy (non-hydrogen) atoms. The van der Waals surface area contributed by atoms with Crippen molar-refractivity contribution in [1.29, 1.82) is 0 Å². The molecule has 1 saturated heterocycles. The van der Waals surface area contributed by atoms with Crippen LogP contribution in [0.1, 0.15) is 15.9 Å². The van der Waals surface area contributed by atoms with Crippen LogP contribution in [-0.4, -0.2) is 54.6 Å². The number of piperazine rings is 1. The first-order chi connectivity index (χ1) is 13.2. The number of carbonyl (C=O) groups is 1. The molecule has 2 aromatic rings. The summed E-state index contributed by atoms with van der Waals surface area (Å²) in [6.45, 7) is 2.05. The molecular formula is C18H18FN3O5S. The van der Waals surface area contributed by atoms with Crippen LogP contribution in [0.5, 0.6) is 0 Å². The third-order valence-electron chi connectivity index (χ3n) is 4.62. The van der Waals surface area contributed by atoms with Crippen molar-refractivity contribution in [1.82, 2.24) is 9.21 Å². The minimum absolute atomic E-state index is 0.0669. The summed E-state index contributed by atoms with van der Waals surface area (Å²) in [5.74, 6) is -0.747. The molecule has 0 radical (unpaired) electrons. The highest BCUT2D eigenvalue weighted by atomic mass is 32.2. The molecule has 10 heteroatoms. The van der Waals surface area contributed by atoms with E-state index in [1.165, 1.54) is 45.6 Å². The third-order valence-corrected chi connectivity index (χ3v) is 6.66. The Balaban J connectivity index is 1.75. The zero-order valence-corrected chi connectivity index (χ0v) is 15.9. The molecule has 0 atom stereocenters. The van der Waals surface area contributed by atoms with Gasteiger partial charge >= 0.3 is 0 Å². The van der Waals surface area contributed by atoms with Gasteiger partial charge in [-0.15, -0.1) is 0 Å². The van der Waals surface area contributed by atoms with E-state index < -0.39 is 20.8 Å². The zero-order valence-electron chi connectivity index (χ0n) is 15.0. The summed E-state index contributed by atoms with van der Waals surface area (Å²) >= 11 is 0. The zero-order chi connectivity index (χ0) is 20.5. The van der Waals surface area contributed by atoms with E-state index in [1.54, 1.807) is 6.92 Å². The minimum Gasteiger partial charge on any atom is -0.336 e. The average molecular weight is 407 g/mol. The standard InChI is InChI=1S/C18H18FN3O5S/c1-13-2-7-16(22(24)25)12-17(13)28(26,27)21-10-8-20(9-11-21)18(23)14-3-5-15(19)6-4-14/h2-7,12H,8-11H2,1H3. The van der Waals surface area contributed by atoms with Gasteiger partial charge in [-0.2, -0.15) is 4.31 Å². The number of nitro groups is 1. The van der Waals surface area contributed by atoms with Crippen LogP contribution >= 0.6 is 0 Å². The topological polar surface area (TPSA) is 101 Å². The Morgan fingerprint density at radius 1 is 1.07 bits per heavy atom. The molecule has 0 aliphatic carbocycles. The van der Waals surface area contributed by atoms with Gasteiger partial charge in [0.1, 0.15) is 5.82 Å². The molecule has 1 amide bonds. The fourth-order valence-corrected chi connectivity index (χ4v) is 4.69. The summed E-state index contributed by atoms with van der Waals surface area (Å²) in [5.41, 5.74) is 0.442. The van der Waals surface area contributed by atoms with E-state index in [-0.39, 0.29) is 42.7 Å². The number of amides is 1. The second kappa shape index (κ2) is 7.64. The van der Waals surface area contributed by atoms with Crippen LogP contribution < -0.4 is 0 Å². The molecule has 0 aromatic heterocycles. The largest absolute Gasteiger partial charge is 0.336 e. The van der Waals surface area contributed by atoms with Crippen LogP contribution in [0.4, 0.5) is 10.1 Å². The second-order valence-corrected chi connectivity index (χ2v) is 8.32. The molecule has 0 N–H and O–H groups in total. The third kappa shape index (κ3) is 3.87. The number of carbonyl (C=O) groups excluding carboxylic acids is 1. The van der Waals surface area contributed by atoms with E-state index in [0.717, 1.165) is 6.07 Å². The highest BCUT2D eigenvalue weighted by Gasteiger charge is 2.32. The Labute approximate surface area is 161 Å². The molecule has 3 rings (SSSR count). The quantitative estimate of drug-likeness (QED) is 0.571. The summed E-state index contributed by atoms with van der Waals surface area (Å²) in [7, 11) is -3.93. The van der Waals surface area contributed by atoms with Gasteiger partial charge < -0.3 is 4.90 Å². The van der Waals surface area contributed by atoms with Crippen LogP contribution in [0.15, 0.2) is 47.4 Å². The lowest BCUT2D eigenvalue weighted by Crippen LogP contribution is -2.50. The number of non-ortho nitro benzene ring substituents is 1. The fourth-order valence-electron chi connectivity index (χ4n) is 3.03. The van der Waals surface area contributed by atoms with Crippen LogP contribution in [0.2, 0.25) is 0 Å². The Hall–Kier alpha value is -2.85. The van der Waals surface area contributed by atoms with E-state index in [1.807, 2.05) is 0 Å². The van der Waals surface area contributed by atoms with Crippen molar-refractivity contribution in [2.75, 3.05) is 26.2 Å². The number of nitro benzene ring substituents is 1. The lowest BCUT2D eigenvalue weighted by molar-refractivity contribution is -0.385. The monoisotopic (exact) mass is 407 g/mol. The van der Waals surface area contributed by atoms with Crippen molar-refractivity contribution in [3.8, 4) is 0 Å². The minimum atomic E-state index is -3.93. The molecular weight excluding hydrogens is 389 g/mol. The lowest BCUT2D eigenvalue weighted by Gasteiger charge is -2.34. The summed E-state index contributed by atoms with van der Waals surface area (Å²) in [4.78, 5) is 24.2. The van der Waals surface area contributed by atoms with Gasteiger partial charge in [0.15, 0.2) is 0 Å². The van der Waals surface area contributed by atoms with E-state index in [4.69, 9.17) is 0 Å². The van der Waals surface area contributed by atoms with Gasteiger partial charge in [-0.1, -0.05) is 6.07 Å². The maximum atomic E-state index is 13.0. The van der Waals surface area contributed by atoms with E-state index >= 15 is 0 Å². The molecule has 0 unspecified atom stereocenters. The average Bonchev–Trinajstić information content (AvgIpc) is 2.68. The highest BCUT2D eigenvalue weighted by molar-refractivity contribution is 7.89. The van der Waals surface area contributed by atoms with Crippen molar-refractivity contribution < 1.29 is 22.5 Å². The number of hydrogen-bond acceptors (Lipinski definition) is 5. The van der Waals surface area contributed by atoms with Crippen molar-refractivity contribution in [2.24, 2.45) is 0 Å². The van der Waals surface area contributed by atoms with Crippen molar-refractivity contribution in [3.63, 3.8) is 0 Å². The molecule has 8 nitrogen and oxygen atoms in total. The van der Waals surface area contributed by atoms with Crippen LogP contribution in [0.3, 0.4) is 0 Å². The normalized spacial score (nSPS) is 15.4. The van der Waals surface area contributed by atoms with Crippen molar-refractivity contribution in [2.45, 2.75) is 11.8 Å². The Morgan fingerprint density at radius 2 is 1.68 bits per heavy atom. The number of hydrogen-bond donors (Lipinski definition) is 0. The van der Waals surface area contributed by atoms with Gasteiger partial charge in [0.2, 0.25) is 10.0 Å². The molecule has 0 spiro atoms. The van der Waals surface area contributed by atoms with Crippen molar-refractivity contribution >= 4 is 21.6 Å². The van der Waals surface area contributed by atoms with Crippen molar-refractivity contribution in [3.05, 3.63) is 69.5 Å². The maximum Gasteiger partial charge on any atom is 0.270 e. The molecule has 1 aliphatic heterocycles. The van der Waals surface area contributed by atoms with E-state index in [2.05, 4.69) is 0 Å². The van der Waals surface area contributed by atoms with E-state index in [0.29, 0.717) is 11.1 Å². The summed E-state index contributed by atoms with van der Waals surface area (Å²) in [6.07, 6.45) is 0. The molecule has 1 aliphatic rings. The van der Waals surface area contributed by atoms with Gasteiger partial charge in [0.05, 0.1) is 9.82 Å². The Morgan fingerprint density at radius 3 is 2.25 bits per heavy atom. The number of rotatable bonds is 4. The van der Waals surface area contributed by atoms with Crippen LogP contribution in [-0.2, 0) is 10.0 Å². The number of sulfonamides is 1. The van der Waals surface area contributed by atoms with Gasteiger partial charge in [0, 0.05) is 43.9 Å². The number of benzene rings is 2. The lowest BCUT2D eigenvalue weighted by atomic mass is 10.2. The maximum absolute atomic E-state index is 13.0. The first-order valence-electron chi connectivity index (χ1n) is 8.50. The number of aryl methyl sites for hydroxylation is 1. The highest BCUT2D eigenvalue weighted by Crippen LogP contribution is 2.25. The molecule has 148 valence electrons. The Kier molecular flexibility index (Phi) is 5.43. The Bertz CT molecular complexity index is 1020. The SMILES string of the molecule is Cc1ccc([N+](=O)[O-])cc1S(=O)(=O)N1CCN(C(=O)c2ccc(F)cc2)CC1. The second-order valence-electron chi connectivity index (χ2n) is 6.41. The molecule has 1 fully saturated rings. The van der Waals surface area contributed by atoms with Gasteiger partial charge in [0.25, 0.3) is 11.6 Å². The number of halogens is 1. The van der Waals surface area contributed by atoms with E-state index in [9.17, 15) is 27.7 Å². The molecule has 0 bridgehead atoms. The first-order valence-corrected chi connectivity index (χ1v) is 9.94. The molecule has 2 aromatic carbocycles. The number of nitrogens with zero attached hydrogens (tertiary/aromatic N) is 3. The van der Waals surface area contributed by atoms with Crippen LogP contribution in [0.25, 0.3) is 0 Å². The smallest absolute Gasteiger partial charge is 0.270 e. The van der Waals surface area contributed by atoms with Gasteiger partial charge in [-0.25, -0.2) is 12.8 Å². The van der Waals surface area contributed by atoms with Gasteiger partial charge in [-0.3, -0.25) is 14.9 Å². The summed E-state index contributed by atoms with van der Waals surface area (Å²) < 4.78 is 40.1. The fraction of sp³-hybridized carbons (Fsp3) is 0.278. The predicted octanol–water partition coefficient (Wildman–Crippen LogP) is 2.19. The van der Waals surface area contributed by atoms with Crippen LogP contribution in [0, 0.1) is 22.9 Å². The summed E-state index contributed by atoms with van der Waals surface area (Å²) in [5, 5.41) is 11.0.